The monoisotopic (exact) mass is 438 g/mol. The highest BCUT2D eigenvalue weighted by Gasteiger charge is 2.39. The van der Waals surface area contributed by atoms with Crippen molar-refractivity contribution in [3.63, 3.8) is 0 Å². The van der Waals surface area contributed by atoms with E-state index in [9.17, 15) is 28.1 Å². The average molecular weight is 439 g/mol. The number of hydrogen-bond acceptors (Lipinski definition) is 7. The number of para-hydroxylation sites is 1. The summed E-state index contributed by atoms with van der Waals surface area (Å²) in [7, 11) is -3.18. The lowest BCUT2D eigenvalue weighted by molar-refractivity contribution is -0.385. The van der Waals surface area contributed by atoms with Crippen molar-refractivity contribution in [3.8, 4) is 0 Å². The van der Waals surface area contributed by atoms with Gasteiger partial charge in [-0.2, -0.15) is 0 Å². The fraction of sp³-hybridized carbons (Fsp3) is 0.600. The molecule has 10 heteroatoms. The first-order chi connectivity index (χ1) is 14.2. The van der Waals surface area contributed by atoms with Crippen LogP contribution in [-0.2, 0) is 19.4 Å². The summed E-state index contributed by atoms with van der Waals surface area (Å²) < 4.78 is 29.0. The topological polar surface area (TPSA) is 124 Å². The summed E-state index contributed by atoms with van der Waals surface area (Å²) in [5.74, 6) is -1.43. The number of amides is 1. The Morgan fingerprint density at radius 1 is 1.17 bits per heavy atom. The molecular formula is C20H26N2O7S. The zero-order valence-corrected chi connectivity index (χ0v) is 17.7. The second-order valence-corrected chi connectivity index (χ2v) is 10.2. The first kappa shape index (κ1) is 22.2. The standard InChI is InChI=1S/C20H26N2O7S/c1-14-6-5-9-17(19(14)22(25)26)20(24)29-12-18(23)21(15-7-3-2-4-8-15)16-10-11-30(27,28)13-16/h5-6,9,15-16H,2-4,7-8,10-13H2,1H3/t16-/m1/s1. The molecule has 1 aliphatic heterocycles. The Bertz CT molecular complexity index is 938. The van der Waals surface area contributed by atoms with Crippen LogP contribution in [0.4, 0.5) is 5.69 Å². The number of benzene rings is 1. The van der Waals surface area contributed by atoms with Crippen LogP contribution < -0.4 is 0 Å². The zero-order valence-electron chi connectivity index (χ0n) is 16.9. The van der Waals surface area contributed by atoms with E-state index < -0.39 is 39.3 Å². The molecule has 1 atom stereocenters. The molecule has 1 aromatic rings. The van der Waals surface area contributed by atoms with Crippen LogP contribution in [0.15, 0.2) is 18.2 Å². The van der Waals surface area contributed by atoms with Gasteiger partial charge in [0.25, 0.3) is 11.6 Å². The molecule has 9 nitrogen and oxygen atoms in total. The van der Waals surface area contributed by atoms with Gasteiger partial charge in [0.15, 0.2) is 16.4 Å². The van der Waals surface area contributed by atoms with Gasteiger partial charge in [0.2, 0.25) is 0 Å². The molecular weight excluding hydrogens is 412 g/mol. The number of hydrogen-bond donors (Lipinski definition) is 0. The third-order valence-electron chi connectivity index (χ3n) is 5.82. The third kappa shape index (κ3) is 4.97. The van der Waals surface area contributed by atoms with Gasteiger partial charge in [-0.05, 0) is 32.3 Å². The normalized spacial score (nSPS) is 21.2. The SMILES string of the molecule is Cc1cccc(C(=O)OCC(=O)N(C2CCCCC2)[C@@H]2CCS(=O)(=O)C2)c1[N+](=O)[O-]. The summed E-state index contributed by atoms with van der Waals surface area (Å²) in [6, 6.07) is 3.83. The molecule has 0 unspecified atom stereocenters. The molecule has 3 rings (SSSR count). The Balaban J connectivity index is 1.74. The van der Waals surface area contributed by atoms with Crippen molar-refractivity contribution >= 4 is 27.4 Å². The Labute approximate surface area is 175 Å². The van der Waals surface area contributed by atoms with E-state index in [2.05, 4.69) is 0 Å². The van der Waals surface area contributed by atoms with Crippen molar-refractivity contribution in [2.45, 2.75) is 57.5 Å². The van der Waals surface area contributed by atoms with Gasteiger partial charge in [0, 0.05) is 17.6 Å². The van der Waals surface area contributed by atoms with Gasteiger partial charge < -0.3 is 9.64 Å². The van der Waals surface area contributed by atoms with Gasteiger partial charge in [0.1, 0.15) is 5.56 Å². The molecule has 1 saturated carbocycles. The lowest BCUT2D eigenvalue weighted by Crippen LogP contribution is -2.50. The number of esters is 1. The van der Waals surface area contributed by atoms with Gasteiger partial charge in [0.05, 0.1) is 16.4 Å². The van der Waals surface area contributed by atoms with Crippen molar-refractivity contribution in [3.05, 3.63) is 39.4 Å². The van der Waals surface area contributed by atoms with E-state index in [0.717, 1.165) is 32.1 Å². The number of rotatable bonds is 6. The van der Waals surface area contributed by atoms with E-state index in [4.69, 9.17) is 4.74 Å². The molecule has 1 amide bonds. The van der Waals surface area contributed by atoms with Crippen LogP contribution >= 0.6 is 0 Å². The number of ether oxygens (including phenoxy) is 1. The van der Waals surface area contributed by atoms with Gasteiger partial charge in [-0.1, -0.05) is 31.4 Å². The minimum atomic E-state index is -3.18. The van der Waals surface area contributed by atoms with Gasteiger partial charge >= 0.3 is 5.97 Å². The van der Waals surface area contributed by atoms with E-state index in [1.807, 2.05) is 0 Å². The number of aryl methyl sites for hydroxylation is 1. The predicted octanol–water partition coefficient (Wildman–Crippen LogP) is 2.41. The smallest absolute Gasteiger partial charge is 0.345 e. The number of nitrogens with zero attached hydrogens (tertiary/aromatic N) is 2. The highest BCUT2D eigenvalue weighted by Crippen LogP contribution is 2.29. The molecule has 1 saturated heterocycles. The molecule has 1 aliphatic carbocycles. The molecule has 0 radical (unpaired) electrons. The molecule has 0 aromatic heterocycles. The second kappa shape index (κ2) is 9.11. The number of carbonyl (C=O) groups is 2. The molecule has 0 N–H and O–H groups in total. The maximum atomic E-state index is 13.0. The van der Waals surface area contributed by atoms with Crippen molar-refractivity contribution in [2.24, 2.45) is 0 Å². The van der Waals surface area contributed by atoms with Gasteiger partial charge in [-0.25, -0.2) is 13.2 Å². The minimum Gasteiger partial charge on any atom is -0.452 e. The molecule has 1 aromatic carbocycles. The Morgan fingerprint density at radius 2 is 1.87 bits per heavy atom. The van der Waals surface area contributed by atoms with E-state index in [1.54, 1.807) is 4.90 Å². The van der Waals surface area contributed by atoms with Crippen LogP contribution in [0.2, 0.25) is 0 Å². The van der Waals surface area contributed by atoms with Gasteiger partial charge in [-0.3, -0.25) is 14.9 Å². The van der Waals surface area contributed by atoms with Crippen molar-refractivity contribution in [2.75, 3.05) is 18.1 Å². The summed E-state index contributed by atoms with van der Waals surface area (Å²) >= 11 is 0. The fourth-order valence-electron chi connectivity index (χ4n) is 4.40. The lowest BCUT2D eigenvalue weighted by Gasteiger charge is -2.38. The summed E-state index contributed by atoms with van der Waals surface area (Å²) in [5, 5.41) is 11.3. The summed E-state index contributed by atoms with van der Waals surface area (Å²) in [6.45, 7) is 0.947. The fourth-order valence-corrected chi connectivity index (χ4v) is 6.12. The molecule has 0 bridgehead atoms. The third-order valence-corrected chi connectivity index (χ3v) is 7.58. The van der Waals surface area contributed by atoms with Crippen LogP contribution in [0.1, 0.15) is 54.4 Å². The molecule has 0 spiro atoms. The van der Waals surface area contributed by atoms with Crippen LogP contribution in [-0.4, -0.2) is 60.3 Å². The van der Waals surface area contributed by atoms with Crippen LogP contribution in [0.5, 0.6) is 0 Å². The quantitative estimate of drug-likeness (QED) is 0.379. The Hall–Kier alpha value is -2.49. The molecule has 2 aliphatic rings. The molecule has 1 heterocycles. The van der Waals surface area contributed by atoms with Crippen molar-refractivity contribution in [1.82, 2.24) is 4.90 Å². The highest BCUT2D eigenvalue weighted by atomic mass is 32.2. The van der Waals surface area contributed by atoms with E-state index in [-0.39, 0.29) is 28.8 Å². The maximum absolute atomic E-state index is 13.0. The minimum absolute atomic E-state index is 0.0451. The predicted molar refractivity (Wildman–Crippen MR) is 109 cm³/mol. The first-order valence-corrected chi connectivity index (χ1v) is 11.9. The van der Waals surface area contributed by atoms with Crippen molar-refractivity contribution in [1.29, 1.82) is 0 Å². The number of sulfone groups is 1. The average Bonchev–Trinajstić information content (AvgIpc) is 3.05. The highest BCUT2D eigenvalue weighted by molar-refractivity contribution is 7.91. The van der Waals surface area contributed by atoms with Crippen LogP contribution in [0, 0.1) is 17.0 Å². The van der Waals surface area contributed by atoms with E-state index in [1.165, 1.54) is 25.1 Å². The van der Waals surface area contributed by atoms with E-state index in [0.29, 0.717) is 12.0 Å². The first-order valence-electron chi connectivity index (χ1n) is 10.1. The lowest BCUT2D eigenvalue weighted by atomic mass is 9.93. The van der Waals surface area contributed by atoms with Crippen molar-refractivity contribution < 1.29 is 27.7 Å². The van der Waals surface area contributed by atoms with Gasteiger partial charge in [-0.15, -0.1) is 0 Å². The van der Waals surface area contributed by atoms with E-state index >= 15 is 0 Å². The van der Waals surface area contributed by atoms with Crippen LogP contribution in [0.25, 0.3) is 0 Å². The Morgan fingerprint density at radius 3 is 2.47 bits per heavy atom. The molecule has 164 valence electrons. The number of nitro groups is 1. The number of nitro benzene ring substituents is 1. The summed E-state index contributed by atoms with van der Waals surface area (Å²) in [5.41, 5.74) is -0.234. The maximum Gasteiger partial charge on any atom is 0.345 e. The number of carbonyl (C=O) groups excluding carboxylic acids is 2. The zero-order chi connectivity index (χ0) is 21.9. The second-order valence-electron chi connectivity index (χ2n) is 7.95. The molecule has 2 fully saturated rings. The Kier molecular flexibility index (Phi) is 6.74. The summed E-state index contributed by atoms with van der Waals surface area (Å²) in [6.07, 6.45) is 4.96. The largest absolute Gasteiger partial charge is 0.452 e. The summed E-state index contributed by atoms with van der Waals surface area (Å²) in [4.78, 5) is 37.7. The molecule has 30 heavy (non-hydrogen) atoms. The van der Waals surface area contributed by atoms with Crippen LogP contribution in [0.3, 0.4) is 0 Å².